The van der Waals surface area contributed by atoms with Gasteiger partial charge in [0.05, 0.1) is 12.2 Å². The number of rotatable bonds is 7. The molecule has 0 aliphatic rings. The molecule has 0 unspecified atom stereocenters. The fraction of sp³-hybridized carbons (Fsp3) is 0.150. The van der Waals surface area contributed by atoms with Crippen molar-refractivity contribution < 1.29 is 32.6 Å². The van der Waals surface area contributed by atoms with Crippen LogP contribution >= 0.6 is 22.7 Å². The van der Waals surface area contributed by atoms with Gasteiger partial charge in [0.1, 0.15) is 22.2 Å². The van der Waals surface area contributed by atoms with Crippen molar-refractivity contribution in [2.75, 3.05) is 18.5 Å². The zero-order chi connectivity index (χ0) is 21.7. The Balaban J connectivity index is 1.72. The molecule has 2 heterocycles. The van der Waals surface area contributed by atoms with Crippen LogP contribution in [0.25, 0.3) is 10.4 Å². The number of anilines is 1. The van der Waals surface area contributed by atoms with Crippen LogP contribution in [0.2, 0.25) is 0 Å². The average molecular weight is 451 g/mol. The quantitative estimate of drug-likeness (QED) is 0.526. The summed E-state index contributed by atoms with van der Waals surface area (Å²) >= 11 is 2.55. The predicted octanol–water partition coefficient (Wildman–Crippen LogP) is 4.73. The fourth-order valence-electron chi connectivity index (χ4n) is 2.52. The molecule has 0 aliphatic heterocycles. The molecule has 3 rings (SSSR count). The van der Waals surface area contributed by atoms with Gasteiger partial charge in [-0.2, -0.15) is 0 Å². The molecule has 2 aromatic heterocycles. The molecule has 0 atom stereocenters. The van der Waals surface area contributed by atoms with E-state index in [2.05, 4.69) is 5.32 Å². The zero-order valence-electron chi connectivity index (χ0n) is 15.6. The molecule has 6 nitrogen and oxygen atoms in total. The van der Waals surface area contributed by atoms with E-state index in [9.17, 15) is 23.2 Å². The van der Waals surface area contributed by atoms with Crippen LogP contribution in [0.1, 0.15) is 27.6 Å². The van der Waals surface area contributed by atoms with Crippen LogP contribution in [-0.2, 0) is 14.3 Å². The van der Waals surface area contributed by atoms with Gasteiger partial charge in [0.25, 0.3) is 5.91 Å². The maximum atomic E-state index is 13.2. The molecule has 30 heavy (non-hydrogen) atoms. The third-order valence-electron chi connectivity index (χ3n) is 3.74. The Hall–Kier alpha value is -3.11. The van der Waals surface area contributed by atoms with Crippen LogP contribution in [0.3, 0.4) is 0 Å². The van der Waals surface area contributed by atoms with Crippen molar-refractivity contribution in [3.8, 4) is 10.4 Å². The van der Waals surface area contributed by atoms with Crippen molar-refractivity contribution in [1.29, 1.82) is 0 Å². The fourth-order valence-corrected chi connectivity index (χ4v) is 4.31. The molecule has 0 bridgehead atoms. The van der Waals surface area contributed by atoms with Crippen molar-refractivity contribution in [2.45, 2.75) is 6.92 Å². The van der Waals surface area contributed by atoms with Crippen LogP contribution in [0, 0.1) is 11.6 Å². The molecular weight excluding hydrogens is 436 g/mol. The Morgan fingerprint density at radius 2 is 1.77 bits per heavy atom. The van der Waals surface area contributed by atoms with Gasteiger partial charge >= 0.3 is 11.9 Å². The number of hydrogen-bond donors (Lipinski definition) is 1. The molecule has 0 aliphatic carbocycles. The van der Waals surface area contributed by atoms with E-state index in [0.29, 0.717) is 11.6 Å². The summed E-state index contributed by atoms with van der Waals surface area (Å²) < 4.78 is 36.3. The Labute approximate surface area is 178 Å². The van der Waals surface area contributed by atoms with E-state index in [1.807, 2.05) is 17.5 Å². The largest absolute Gasteiger partial charge is 0.462 e. The van der Waals surface area contributed by atoms with Crippen molar-refractivity contribution in [3.63, 3.8) is 0 Å². The smallest absolute Gasteiger partial charge is 0.341 e. The molecule has 1 aromatic carbocycles. The number of nitrogens with one attached hydrogen (secondary N) is 1. The first-order chi connectivity index (χ1) is 14.4. The van der Waals surface area contributed by atoms with Crippen LogP contribution in [0.4, 0.5) is 13.8 Å². The second kappa shape index (κ2) is 9.59. The first-order valence-corrected chi connectivity index (χ1v) is 10.4. The van der Waals surface area contributed by atoms with E-state index in [1.54, 1.807) is 12.3 Å². The van der Waals surface area contributed by atoms with Crippen molar-refractivity contribution >= 4 is 45.5 Å². The summed E-state index contributed by atoms with van der Waals surface area (Å²) in [5.41, 5.74) is 0.468. The number of carbonyl (C=O) groups is 3. The third kappa shape index (κ3) is 5.08. The molecule has 1 amide bonds. The molecule has 1 N–H and O–H groups in total. The molecule has 0 fully saturated rings. The Bertz CT molecular complexity index is 1060. The molecular formula is C20H15F2NO5S2. The highest BCUT2D eigenvalue weighted by atomic mass is 32.1. The lowest BCUT2D eigenvalue weighted by atomic mass is 10.1. The highest BCUT2D eigenvalue weighted by Gasteiger charge is 2.23. The van der Waals surface area contributed by atoms with Gasteiger partial charge in [0, 0.05) is 21.9 Å². The molecule has 0 saturated heterocycles. The summed E-state index contributed by atoms with van der Waals surface area (Å²) in [6.45, 7) is 1.13. The minimum atomic E-state index is -1.06. The molecule has 0 saturated carbocycles. The van der Waals surface area contributed by atoms with Crippen molar-refractivity contribution in [3.05, 3.63) is 63.9 Å². The average Bonchev–Trinajstić information content (AvgIpc) is 3.35. The summed E-state index contributed by atoms with van der Waals surface area (Å²) in [5.74, 6) is -4.25. The third-order valence-corrected chi connectivity index (χ3v) is 5.54. The van der Waals surface area contributed by atoms with Gasteiger partial charge in [-0.15, -0.1) is 22.7 Å². The van der Waals surface area contributed by atoms with E-state index >= 15 is 0 Å². The number of hydrogen-bond acceptors (Lipinski definition) is 7. The number of ether oxygens (including phenoxy) is 2. The van der Waals surface area contributed by atoms with Gasteiger partial charge in [-0.25, -0.2) is 18.4 Å². The van der Waals surface area contributed by atoms with Crippen molar-refractivity contribution in [2.24, 2.45) is 0 Å². The second-order valence-corrected chi connectivity index (χ2v) is 7.66. The summed E-state index contributed by atoms with van der Waals surface area (Å²) in [5, 5.41) is 6.34. The number of thiophene rings is 2. The lowest BCUT2D eigenvalue weighted by molar-refractivity contribution is -0.119. The van der Waals surface area contributed by atoms with Crippen LogP contribution in [0.15, 0.2) is 41.1 Å². The first kappa shape index (κ1) is 21.6. The van der Waals surface area contributed by atoms with Crippen LogP contribution in [-0.4, -0.2) is 31.1 Å². The van der Waals surface area contributed by atoms with E-state index in [0.717, 1.165) is 28.3 Å². The van der Waals surface area contributed by atoms with Crippen LogP contribution < -0.4 is 5.32 Å². The number of amides is 1. The van der Waals surface area contributed by atoms with E-state index < -0.39 is 36.1 Å². The summed E-state index contributed by atoms with van der Waals surface area (Å²) in [6, 6.07) is 5.88. The Morgan fingerprint density at radius 1 is 1.03 bits per heavy atom. The van der Waals surface area contributed by atoms with E-state index in [4.69, 9.17) is 9.47 Å². The van der Waals surface area contributed by atoms with E-state index in [-0.39, 0.29) is 22.7 Å². The summed E-state index contributed by atoms with van der Waals surface area (Å²) in [6.07, 6.45) is 0. The van der Waals surface area contributed by atoms with Crippen LogP contribution in [0.5, 0.6) is 0 Å². The lowest BCUT2D eigenvalue weighted by Gasteiger charge is -2.09. The molecule has 10 heteroatoms. The first-order valence-electron chi connectivity index (χ1n) is 8.64. The Kier molecular flexibility index (Phi) is 6.91. The minimum absolute atomic E-state index is 0.160. The van der Waals surface area contributed by atoms with Gasteiger partial charge in [0.2, 0.25) is 0 Å². The zero-order valence-corrected chi connectivity index (χ0v) is 17.2. The maximum Gasteiger partial charge on any atom is 0.341 e. The highest BCUT2D eigenvalue weighted by molar-refractivity contribution is 7.17. The standard InChI is InChI=1S/C20H15F2NO5S2/c1-2-27-20(26)17-14(15-4-3-5-29-15)10-30-18(17)23-16(24)9-28-19(25)11-6-12(21)8-13(22)7-11/h3-8,10H,2,9H2,1H3,(H,23,24). The molecule has 3 aromatic rings. The van der Waals surface area contributed by atoms with Crippen molar-refractivity contribution in [1.82, 2.24) is 0 Å². The van der Waals surface area contributed by atoms with Gasteiger partial charge in [-0.05, 0) is 30.5 Å². The lowest BCUT2D eigenvalue weighted by Crippen LogP contribution is -2.22. The van der Waals surface area contributed by atoms with Gasteiger partial charge < -0.3 is 14.8 Å². The monoisotopic (exact) mass is 451 g/mol. The molecule has 156 valence electrons. The predicted molar refractivity (Wildman–Crippen MR) is 109 cm³/mol. The summed E-state index contributed by atoms with van der Waals surface area (Å²) in [7, 11) is 0. The number of benzene rings is 1. The SMILES string of the molecule is CCOC(=O)c1c(-c2cccs2)csc1NC(=O)COC(=O)c1cc(F)cc(F)c1. The molecule has 0 radical (unpaired) electrons. The van der Waals surface area contributed by atoms with Gasteiger partial charge in [-0.3, -0.25) is 4.79 Å². The minimum Gasteiger partial charge on any atom is -0.462 e. The number of esters is 2. The normalized spacial score (nSPS) is 10.5. The number of halogens is 2. The second-order valence-electron chi connectivity index (χ2n) is 5.83. The Morgan fingerprint density at radius 3 is 2.40 bits per heavy atom. The topological polar surface area (TPSA) is 81.7 Å². The van der Waals surface area contributed by atoms with Gasteiger partial charge in [-0.1, -0.05) is 6.07 Å². The molecule has 0 spiro atoms. The highest BCUT2D eigenvalue weighted by Crippen LogP contribution is 2.38. The maximum absolute atomic E-state index is 13.2. The summed E-state index contributed by atoms with van der Waals surface area (Å²) in [4.78, 5) is 37.4. The van der Waals surface area contributed by atoms with Gasteiger partial charge in [0.15, 0.2) is 6.61 Å². The number of carbonyl (C=O) groups excluding carboxylic acids is 3. The van der Waals surface area contributed by atoms with E-state index in [1.165, 1.54) is 11.3 Å².